The quantitative estimate of drug-likeness (QED) is 0.941. The van der Waals surface area contributed by atoms with Crippen LogP contribution in [0.25, 0.3) is 11.1 Å². The number of aromatic nitrogens is 1. The summed E-state index contributed by atoms with van der Waals surface area (Å²) < 4.78 is 5.95. The molecule has 1 aliphatic heterocycles. The maximum Gasteiger partial charge on any atom is 0.407 e. The fourth-order valence-electron chi connectivity index (χ4n) is 3.08. The van der Waals surface area contributed by atoms with E-state index < -0.39 is 6.09 Å². The highest BCUT2D eigenvalue weighted by molar-refractivity contribution is 5.75. The van der Waals surface area contributed by atoms with Crippen molar-refractivity contribution in [1.29, 1.82) is 0 Å². The van der Waals surface area contributed by atoms with Crippen molar-refractivity contribution in [3.63, 3.8) is 0 Å². The Labute approximate surface area is 135 Å². The molecule has 0 bridgehead atoms. The van der Waals surface area contributed by atoms with Crippen molar-refractivity contribution in [2.75, 3.05) is 20.2 Å². The van der Waals surface area contributed by atoms with Crippen LogP contribution < -0.4 is 4.74 Å². The molecule has 23 heavy (non-hydrogen) atoms. The molecule has 1 N–H and O–H groups in total. The number of carbonyl (C=O) groups is 1. The number of carboxylic acid groups (broad SMARTS) is 1. The maximum absolute atomic E-state index is 11.1. The summed E-state index contributed by atoms with van der Waals surface area (Å²) in [4.78, 5) is 16.6. The van der Waals surface area contributed by atoms with Gasteiger partial charge in [-0.15, -0.1) is 0 Å². The summed E-state index contributed by atoms with van der Waals surface area (Å²) in [6.07, 6.45) is 3.54. The normalized spacial score (nSPS) is 16.3. The van der Waals surface area contributed by atoms with Gasteiger partial charge in [0.1, 0.15) is 5.75 Å². The Morgan fingerprint density at radius 3 is 2.96 bits per heavy atom. The molecule has 1 aromatic heterocycles. The zero-order chi connectivity index (χ0) is 16.4. The van der Waals surface area contributed by atoms with Gasteiger partial charge in [0.2, 0.25) is 0 Å². The zero-order valence-corrected chi connectivity index (χ0v) is 13.3. The van der Waals surface area contributed by atoms with Gasteiger partial charge in [-0.1, -0.05) is 18.2 Å². The van der Waals surface area contributed by atoms with Crippen molar-refractivity contribution < 1.29 is 14.6 Å². The molecule has 1 amide bonds. The summed E-state index contributed by atoms with van der Waals surface area (Å²) >= 11 is 0. The number of hydrogen-bond donors (Lipinski definition) is 1. The minimum atomic E-state index is -0.904. The average Bonchev–Trinajstić information content (AvgIpc) is 2.55. The third-order valence-corrected chi connectivity index (χ3v) is 4.33. The van der Waals surface area contributed by atoms with Crippen molar-refractivity contribution in [3.05, 3.63) is 47.8 Å². The van der Waals surface area contributed by atoms with Crippen LogP contribution in [0.4, 0.5) is 4.79 Å². The number of pyridine rings is 1. The molecule has 5 nitrogen and oxygen atoms in total. The van der Waals surface area contributed by atoms with Crippen molar-refractivity contribution in [3.8, 4) is 16.9 Å². The van der Waals surface area contributed by atoms with E-state index in [-0.39, 0.29) is 5.92 Å². The van der Waals surface area contributed by atoms with Gasteiger partial charge in [-0.3, -0.25) is 4.98 Å². The minimum absolute atomic E-state index is 0.155. The van der Waals surface area contributed by atoms with Gasteiger partial charge in [0, 0.05) is 37.5 Å². The first-order chi connectivity index (χ1) is 11.1. The first-order valence-corrected chi connectivity index (χ1v) is 7.68. The summed E-state index contributed by atoms with van der Waals surface area (Å²) in [7, 11) is 1.61. The summed E-state index contributed by atoms with van der Waals surface area (Å²) in [5, 5.41) is 9.12. The van der Waals surface area contributed by atoms with Gasteiger partial charge in [0.25, 0.3) is 0 Å². The fraction of sp³-hybridized carbons (Fsp3) is 0.333. The number of amides is 1. The smallest absolute Gasteiger partial charge is 0.407 e. The molecule has 0 saturated heterocycles. The van der Waals surface area contributed by atoms with Crippen molar-refractivity contribution in [2.24, 2.45) is 0 Å². The standard InChI is InChI=1S/C18H20N2O3/c1-12-10-19-8-6-14(12)16-5-3-4-15-13(7-9-23-17(15)16)11-20(2)18(21)22/h3-6,8,10,13H,7,9,11H2,1-2H3,(H,21,22). The molecule has 0 spiro atoms. The molecule has 1 aliphatic rings. The molecule has 1 aromatic carbocycles. The zero-order valence-electron chi connectivity index (χ0n) is 13.3. The molecule has 0 fully saturated rings. The second-order valence-corrected chi connectivity index (χ2v) is 5.91. The number of likely N-dealkylation sites (N-methyl/N-ethyl adjacent to an activating group) is 1. The van der Waals surface area contributed by atoms with Crippen molar-refractivity contribution >= 4 is 6.09 Å². The van der Waals surface area contributed by atoms with E-state index in [0.29, 0.717) is 13.2 Å². The summed E-state index contributed by atoms with van der Waals surface area (Å²) in [6, 6.07) is 8.08. The summed E-state index contributed by atoms with van der Waals surface area (Å²) in [5.41, 5.74) is 4.32. The molecule has 120 valence electrons. The number of nitrogens with zero attached hydrogens (tertiary/aromatic N) is 2. The Bertz CT molecular complexity index is 730. The second kappa shape index (κ2) is 6.28. The number of benzene rings is 1. The largest absolute Gasteiger partial charge is 0.493 e. The van der Waals surface area contributed by atoms with Gasteiger partial charge >= 0.3 is 6.09 Å². The van der Waals surface area contributed by atoms with E-state index in [4.69, 9.17) is 9.84 Å². The van der Waals surface area contributed by atoms with E-state index in [9.17, 15) is 4.79 Å². The maximum atomic E-state index is 11.1. The second-order valence-electron chi connectivity index (χ2n) is 5.91. The lowest BCUT2D eigenvalue weighted by atomic mass is 9.88. The molecule has 2 aromatic rings. The molecule has 1 unspecified atom stereocenters. The van der Waals surface area contributed by atoms with E-state index in [1.165, 1.54) is 4.90 Å². The number of hydrogen-bond acceptors (Lipinski definition) is 3. The monoisotopic (exact) mass is 312 g/mol. The third kappa shape index (κ3) is 2.99. The molecule has 5 heteroatoms. The van der Waals surface area contributed by atoms with Crippen LogP contribution in [0.5, 0.6) is 5.75 Å². The van der Waals surface area contributed by atoms with Crippen molar-refractivity contribution in [2.45, 2.75) is 19.3 Å². The molecule has 2 heterocycles. The number of fused-ring (bicyclic) bond motifs is 1. The minimum Gasteiger partial charge on any atom is -0.493 e. The summed E-state index contributed by atoms with van der Waals surface area (Å²) in [5.74, 6) is 1.03. The SMILES string of the molecule is Cc1cnccc1-c1cccc2c1OCCC2CN(C)C(=O)O. The Hall–Kier alpha value is -2.56. The Kier molecular flexibility index (Phi) is 4.19. The van der Waals surface area contributed by atoms with Gasteiger partial charge in [-0.2, -0.15) is 0 Å². The van der Waals surface area contributed by atoms with Crippen LogP contribution >= 0.6 is 0 Å². The van der Waals surface area contributed by atoms with Crippen molar-refractivity contribution in [1.82, 2.24) is 9.88 Å². The third-order valence-electron chi connectivity index (χ3n) is 4.33. The number of aryl methyl sites for hydroxylation is 1. The molecule has 1 atom stereocenters. The predicted octanol–water partition coefficient (Wildman–Crippen LogP) is 3.53. The molecular formula is C18H20N2O3. The fourth-order valence-corrected chi connectivity index (χ4v) is 3.08. The van der Waals surface area contributed by atoms with E-state index in [0.717, 1.165) is 34.4 Å². The van der Waals surface area contributed by atoms with Crippen LogP contribution in [0, 0.1) is 6.92 Å². The van der Waals surface area contributed by atoms with Gasteiger partial charge in [0.15, 0.2) is 0 Å². The lowest BCUT2D eigenvalue weighted by molar-refractivity contribution is 0.149. The highest BCUT2D eigenvalue weighted by Gasteiger charge is 2.26. The lowest BCUT2D eigenvalue weighted by Crippen LogP contribution is -2.31. The van der Waals surface area contributed by atoms with Crippen LogP contribution in [-0.4, -0.2) is 41.3 Å². The van der Waals surface area contributed by atoms with E-state index in [1.54, 1.807) is 13.2 Å². The van der Waals surface area contributed by atoms with E-state index >= 15 is 0 Å². The van der Waals surface area contributed by atoms with Crippen LogP contribution in [0.2, 0.25) is 0 Å². The number of rotatable bonds is 3. The summed E-state index contributed by atoms with van der Waals surface area (Å²) in [6.45, 7) is 3.11. The van der Waals surface area contributed by atoms with Gasteiger partial charge < -0.3 is 14.7 Å². The first kappa shape index (κ1) is 15.3. The Morgan fingerprint density at radius 2 is 2.22 bits per heavy atom. The molecule has 0 aliphatic carbocycles. The van der Waals surface area contributed by atoms with Crippen LogP contribution in [-0.2, 0) is 0 Å². The van der Waals surface area contributed by atoms with Gasteiger partial charge in [-0.25, -0.2) is 4.79 Å². The molecule has 0 radical (unpaired) electrons. The Morgan fingerprint density at radius 1 is 1.39 bits per heavy atom. The van der Waals surface area contributed by atoms with Gasteiger partial charge in [0.05, 0.1) is 6.61 Å². The highest BCUT2D eigenvalue weighted by Crippen LogP contribution is 2.41. The molecule has 3 rings (SSSR count). The average molecular weight is 312 g/mol. The van der Waals surface area contributed by atoms with E-state index in [2.05, 4.69) is 4.98 Å². The lowest BCUT2D eigenvalue weighted by Gasteiger charge is -2.30. The predicted molar refractivity (Wildman–Crippen MR) is 87.9 cm³/mol. The topological polar surface area (TPSA) is 62.7 Å². The molecular weight excluding hydrogens is 292 g/mol. The first-order valence-electron chi connectivity index (χ1n) is 7.68. The van der Waals surface area contributed by atoms with Gasteiger partial charge in [-0.05, 0) is 36.1 Å². The van der Waals surface area contributed by atoms with Crippen LogP contribution in [0.3, 0.4) is 0 Å². The van der Waals surface area contributed by atoms with Crippen LogP contribution in [0.1, 0.15) is 23.5 Å². The number of ether oxygens (including phenoxy) is 1. The number of para-hydroxylation sites is 1. The molecule has 0 saturated carbocycles. The Balaban J connectivity index is 2.01. The van der Waals surface area contributed by atoms with E-state index in [1.807, 2.05) is 37.4 Å². The highest BCUT2D eigenvalue weighted by atomic mass is 16.5. The van der Waals surface area contributed by atoms with Crippen LogP contribution in [0.15, 0.2) is 36.7 Å².